The standard InChI is InChI=1S/C14H14N2O2S/c1-19-13-6-4-12(5-7-13)16-14(17)18-10-11-3-2-8-15-9-11/h2-9H,10H2,1H3,(H,16,17). The second-order valence-electron chi connectivity index (χ2n) is 3.79. The summed E-state index contributed by atoms with van der Waals surface area (Å²) in [6.07, 6.45) is 4.88. The summed E-state index contributed by atoms with van der Waals surface area (Å²) >= 11 is 1.65. The highest BCUT2D eigenvalue weighted by molar-refractivity contribution is 7.98. The molecule has 2 aromatic rings. The molecule has 0 spiro atoms. The zero-order chi connectivity index (χ0) is 13.5. The predicted octanol–water partition coefficient (Wildman–Crippen LogP) is 3.55. The SMILES string of the molecule is CSc1ccc(NC(=O)OCc2cccnc2)cc1. The van der Waals surface area contributed by atoms with Gasteiger partial charge in [0, 0.05) is 28.5 Å². The third kappa shape index (κ3) is 4.30. The molecule has 0 aliphatic heterocycles. The second kappa shape index (κ2) is 6.80. The average molecular weight is 274 g/mol. The van der Waals surface area contributed by atoms with Gasteiger partial charge in [0.2, 0.25) is 0 Å². The summed E-state index contributed by atoms with van der Waals surface area (Å²) in [6.45, 7) is 0.211. The van der Waals surface area contributed by atoms with Crippen molar-refractivity contribution in [2.75, 3.05) is 11.6 Å². The summed E-state index contributed by atoms with van der Waals surface area (Å²) in [4.78, 5) is 16.7. The van der Waals surface area contributed by atoms with Crippen molar-refractivity contribution in [2.24, 2.45) is 0 Å². The number of benzene rings is 1. The summed E-state index contributed by atoms with van der Waals surface area (Å²) < 4.78 is 5.09. The summed E-state index contributed by atoms with van der Waals surface area (Å²) in [5.41, 5.74) is 1.57. The quantitative estimate of drug-likeness (QED) is 0.866. The average Bonchev–Trinajstić information content (AvgIpc) is 2.47. The Labute approximate surface area is 116 Å². The minimum absolute atomic E-state index is 0.211. The number of rotatable bonds is 4. The highest BCUT2D eigenvalue weighted by Crippen LogP contribution is 2.17. The molecule has 0 fully saturated rings. The third-order valence-corrected chi connectivity index (χ3v) is 3.17. The predicted molar refractivity (Wildman–Crippen MR) is 76.3 cm³/mol. The molecule has 0 saturated carbocycles. The van der Waals surface area contributed by atoms with Gasteiger partial charge in [0.05, 0.1) is 0 Å². The van der Waals surface area contributed by atoms with Crippen molar-refractivity contribution < 1.29 is 9.53 Å². The number of amides is 1. The maximum absolute atomic E-state index is 11.6. The summed E-state index contributed by atoms with van der Waals surface area (Å²) in [5, 5.41) is 2.67. The van der Waals surface area contributed by atoms with Crippen LogP contribution in [0.5, 0.6) is 0 Å². The lowest BCUT2D eigenvalue weighted by atomic mass is 10.3. The van der Waals surface area contributed by atoms with Crippen LogP contribution in [-0.4, -0.2) is 17.3 Å². The van der Waals surface area contributed by atoms with E-state index in [1.165, 1.54) is 0 Å². The molecule has 0 aliphatic rings. The molecular weight excluding hydrogens is 260 g/mol. The van der Waals surface area contributed by atoms with Gasteiger partial charge in [-0.3, -0.25) is 10.3 Å². The van der Waals surface area contributed by atoms with E-state index >= 15 is 0 Å². The molecule has 98 valence electrons. The molecule has 0 atom stereocenters. The molecule has 1 aromatic carbocycles. The van der Waals surface area contributed by atoms with Crippen LogP contribution >= 0.6 is 11.8 Å². The topological polar surface area (TPSA) is 51.2 Å². The number of nitrogens with one attached hydrogen (secondary N) is 1. The normalized spacial score (nSPS) is 9.95. The largest absolute Gasteiger partial charge is 0.444 e. The van der Waals surface area contributed by atoms with Gasteiger partial charge < -0.3 is 4.74 Å². The molecule has 1 amide bonds. The number of ether oxygens (including phenoxy) is 1. The van der Waals surface area contributed by atoms with Gasteiger partial charge in [-0.15, -0.1) is 11.8 Å². The van der Waals surface area contributed by atoms with E-state index in [-0.39, 0.29) is 6.61 Å². The Hall–Kier alpha value is -2.01. The van der Waals surface area contributed by atoms with Crippen LogP contribution in [0.1, 0.15) is 5.56 Å². The van der Waals surface area contributed by atoms with Crippen LogP contribution in [0, 0.1) is 0 Å². The van der Waals surface area contributed by atoms with Gasteiger partial charge in [-0.1, -0.05) is 6.07 Å². The third-order valence-electron chi connectivity index (χ3n) is 2.43. The maximum atomic E-state index is 11.6. The van der Waals surface area contributed by atoms with Crippen molar-refractivity contribution in [1.82, 2.24) is 4.98 Å². The summed E-state index contributed by atoms with van der Waals surface area (Å²) in [7, 11) is 0. The molecular formula is C14H14N2O2S. The number of hydrogen-bond donors (Lipinski definition) is 1. The van der Waals surface area contributed by atoms with Gasteiger partial charge in [-0.05, 0) is 36.6 Å². The Kier molecular flexibility index (Phi) is 4.80. The number of hydrogen-bond acceptors (Lipinski definition) is 4. The molecule has 2 rings (SSSR count). The Bertz CT molecular complexity index is 529. The van der Waals surface area contributed by atoms with Crippen LogP contribution in [0.2, 0.25) is 0 Å². The molecule has 1 aromatic heterocycles. The Morgan fingerprint density at radius 2 is 2.11 bits per heavy atom. The second-order valence-corrected chi connectivity index (χ2v) is 4.67. The van der Waals surface area contributed by atoms with Gasteiger partial charge in [0.15, 0.2) is 0 Å². The summed E-state index contributed by atoms with van der Waals surface area (Å²) in [5.74, 6) is 0. The first-order valence-electron chi connectivity index (χ1n) is 5.74. The van der Waals surface area contributed by atoms with E-state index in [0.717, 1.165) is 10.5 Å². The number of nitrogens with zero attached hydrogens (tertiary/aromatic N) is 1. The zero-order valence-corrected chi connectivity index (χ0v) is 11.3. The van der Waals surface area contributed by atoms with E-state index in [0.29, 0.717) is 5.69 Å². The molecule has 0 aliphatic carbocycles. The Morgan fingerprint density at radius 1 is 1.32 bits per heavy atom. The van der Waals surface area contributed by atoms with Crippen molar-refractivity contribution in [3.63, 3.8) is 0 Å². The van der Waals surface area contributed by atoms with Crippen LogP contribution in [0.4, 0.5) is 10.5 Å². The number of anilines is 1. The molecule has 0 saturated heterocycles. The van der Waals surface area contributed by atoms with Gasteiger partial charge >= 0.3 is 6.09 Å². The van der Waals surface area contributed by atoms with Crippen LogP contribution < -0.4 is 5.32 Å². The lowest BCUT2D eigenvalue weighted by Gasteiger charge is -2.07. The van der Waals surface area contributed by atoms with Crippen molar-refractivity contribution in [2.45, 2.75) is 11.5 Å². The van der Waals surface area contributed by atoms with Crippen molar-refractivity contribution >= 4 is 23.5 Å². The van der Waals surface area contributed by atoms with Gasteiger partial charge in [-0.25, -0.2) is 4.79 Å². The van der Waals surface area contributed by atoms with Crippen LogP contribution in [0.25, 0.3) is 0 Å². The first kappa shape index (κ1) is 13.4. The van der Waals surface area contributed by atoms with Crippen molar-refractivity contribution in [1.29, 1.82) is 0 Å². The highest BCUT2D eigenvalue weighted by atomic mass is 32.2. The van der Waals surface area contributed by atoms with Gasteiger partial charge in [0.1, 0.15) is 6.61 Å². The Balaban J connectivity index is 1.83. The Morgan fingerprint density at radius 3 is 2.74 bits per heavy atom. The molecule has 0 bridgehead atoms. The summed E-state index contributed by atoms with van der Waals surface area (Å²) in [6, 6.07) is 11.2. The smallest absolute Gasteiger partial charge is 0.411 e. The maximum Gasteiger partial charge on any atom is 0.411 e. The number of pyridine rings is 1. The molecule has 0 unspecified atom stereocenters. The number of aromatic nitrogens is 1. The number of carbonyl (C=O) groups excluding carboxylic acids is 1. The van der Waals surface area contributed by atoms with Crippen molar-refractivity contribution in [3.05, 3.63) is 54.4 Å². The van der Waals surface area contributed by atoms with E-state index in [2.05, 4.69) is 10.3 Å². The van der Waals surface area contributed by atoms with E-state index < -0.39 is 6.09 Å². The minimum Gasteiger partial charge on any atom is -0.444 e. The van der Waals surface area contributed by atoms with E-state index in [4.69, 9.17) is 4.74 Å². The van der Waals surface area contributed by atoms with Gasteiger partial charge in [0.25, 0.3) is 0 Å². The van der Waals surface area contributed by atoms with E-state index in [9.17, 15) is 4.79 Å². The first-order valence-corrected chi connectivity index (χ1v) is 6.97. The monoisotopic (exact) mass is 274 g/mol. The minimum atomic E-state index is -0.472. The lowest BCUT2D eigenvalue weighted by molar-refractivity contribution is 0.155. The first-order chi connectivity index (χ1) is 9.28. The van der Waals surface area contributed by atoms with Crippen LogP contribution in [0.3, 0.4) is 0 Å². The van der Waals surface area contributed by atoms with Crippen LogP contribution in [-0.2, 0) is 11.3 Å². The van der Waals surface area contributed by atoms with Crippen LogP contribution in [0.15, 0.2) is 53.7 Å². The number of carbonyl (C=O) groups is 1. The molecule has 1 N–H and O–H groups in total. The fourth-order valence-electron chi connectivity index (χ4n) is 1.46. The lowest BCUT2D eigenvalue weighted by Crippen LogP contribution is -2.13. The molecule has 1 heterocycles. The van der Waals surface area contributed by atoms with Crippen molar-refractivity contribution in [3.8, 4) is 0 Å². The number of thioether (sulfide) groups is 1. The highest BCUT2D eigenvalue weighted by Gasteiger charge is 2.03. The zero-order valence-electron chi connectivity index (χ0n) is 10.5. The van der Waals surface area contributed by atoms with E-state index in [1.54, 1.807) is 30.2 Å². The molecule has 4 nitrogen and oxygen atoms in total. The fraction of sp³-hybridized carbons (Fsp3) is 0.143. The molecule has 5 heteroatoms. The van der Waals surface area contributed by atoms with Gasteiger partial charge in [-0.2, -0.15) is 0 Å². The molecule has 0 radical (unpaired) electrons. The molecule has 19 heavy (non-hydrogen) atoms. The fourth-order valence-corrected chi connectivity index (χ4v) is 1.87. The van der Waals surface area contributed by atoms with E-state index in [1.807, 2.05) is 36.6 Å².